The molecule has 1 amide bonds. The molecule has 1 aliphatic carbocycles. The van der Waals surface area contributed by atoms with Crippen LogP contribution in [0.1, 0.15) is 21.5 Å². The van der Waals surface area contributed by atoms with Crippen molar-refractivity contribution in [1.29, 1.82) is 0 Å². The Balaban J connectivity index is 1.39. The quantitative estimate of drug-likeness (QED) is 0.280. The highest BCUT2D eigenvalue weighted by atomic mass is 16.5. The van der Waals surface area contributed by atoms with Crippen LogP contribution in [0.2, 0.25) is 0 Å². The first-order valence-electron chi connectivity index (χ1n) is 10.1. The van der Waals surface area contributed by atoms with E-state index in [2.05, 4.69) is 5.32 Å². The van der Waals surface area contributed by atoms with E-state index in [9.17, 15) is 25.2 Å². The highest BCUT2D eigenvalue weighted by Gasteiger charge is 2.27. The van der Waals surface area contributed by atoms with Crippen LogP contribution in [-0.2, 0) is 12.8 Å². The summed E-state index contributed by atoms with van der Waals surface area (Å²) >= 11 is 0. The number of primary amides is 1. The Bertz CT molecular complexity index is 905. The van der Waals surface area contributed by atoms with Crippen molar-refractivity contribution in [3.63, 3.8) is 0 Å². The van der Waals surface area contributed by atoms with Crippen LogP contribution in [0.4, 0.5) is 0 Å². The second-order valence-electron chi connectivity index (χ2n) is 7.50. The number of ether oxygens (including phenoxy) is 2. The molecule has 3 rings (SSSR count). The number of carbonyl (C=O) groups is 1. The van der Waals surface area contributed by atoms with Crippen molar-refractivity contribution >= 4 is 5.91 Å². The Hall–Kier alpha value is -2.85. The third kappa shape index (κ3) is 6.08. The average molecular weight is 432 g/mol. The fourth-order valence-corrected chi connectivity index (χ4v) is 3.43. The fraction of sp³-hybridized carbons (Fsp3) is 0.409. The number of rotatable bonds is 10. The predicted molar refractivity (Wildman–Crippen MR) is 112 cm³/mol. The smallest absolute Gasteiger partial charge is 0.252 e. The number of aromatic hydroxyl groups is 1. The summed E-state index contributed by atoms with van der Waals surface area (Å²) in [4.78, 5) is 11.2. The van der Waals surface area contributed by atoms with E-state index >= 15 is 0 Å². The van der Waals surface area contributed by atoms with Crippen molar-refractivity contribution in [2.45, 2.75) is 31.2 Å². The van der Waals surface area contributed by atoms with Crippen LogP contribution in [-0.4, -0.2) is 70.9 Å². The van der Waals surface area contributed by atoms with E-state index in [0.29, 0.717) is 30.9 Å². The van der Waals surface area contributed by atoms with Crippen molar-refractivity contribution in [1.82, 2.24) is 5.32 Å². The van der Waals surface area contributed by atoms with Gasteiger partial charge in [0.2, 0.25) is 0 Å². The minimum Gasteiger partial charge on any atom is -0.507 e. The molecule has 1 unspecified atom stereocenters. The Morgan fingerprint density at radius 2 is 1.94 bits per heavy atom. The first-order chi connectivity index (χ1) is 14.8. The lowest BCUT2D eigenvalue weighted by atomic mass is 9.87. The van der Waals surface area contributed by atoms with Gasteiger partial charge in [0.05, 0.1) is 17.8 Å². The molecule has 0 fully saturated rings. The van der Waals surface area contributed by atoms with E-state index in [-0.39, 0.29) is 31.1 Å². The number of nitrogens with one attached hydrogen (secondary N) is 1. The number of hydrogen-bond acceptors (Lipinski definition) is 8. The van der Waals surface area contributed by atoms with Gasteiger partial charge in [-0.3, -0.25) is 4.79 Å². The third-order valence-electron chi connectivity index (χ3n) is 5.11. The number of fused-ring (bicyclic) bond motifs is 1. The summed E-state index contributed by atoms with van der Waals surface area (Å²) in [6.07, 6.45) is -1.67. The summed E-state index contributed by atoms with van der Waals surface area (Å²) in [5.41, 5.74) is 6.97. The highest BCUT2D eigenvalue weighted by Crippen LogP contribution is 2.30. The van der Waals surface area contributed by atoms with E-state index in [1.165, 1.54) is 18.2 Å². The zero-order valence-electron chi connectivity index (χ0n) is 17.0. The number of phenols is 1. The summed E-state index contributed by atoms with van der Waals surface area (Å²) in [6, 6.07) is 9.75. The third-order valence-corrected chi connectivity index (χ3v) is 5.11. The lowest BCUT2D eigenvalue weighted by molar-refractivity contribution is 0.0132. The standard InChI is InChI=1S/C22H28N2O7/c23-22(29)17-9-15(4-5-18(17)26)30-7-6-24-11-14(25)12-31-21-3-1-2-13-8-19(27)20(28)10-16(13)21/h1-5,9,14,19-20,24-28H,6-8,10-12H2,(H2,23,29)/t14?,19-,20+/m1/s1. The lowest BCUT2D eigenvalue weighted by Gasteiger charge is -2.27. The summed E-state index contributed by atoms with van der Waals surface area (Å²) in [6.45, 7) is 1.07. The topological polar surface area (TPSA) is 154 Å². The van der Waals surface area contributed by atoms with Crippen LogP contribution in [0.3, 0.4) is 0 Å². The number of hydrogen-bond donors (Lipinski definition) is 6. The largest absolute Gasteiger partial charge is 0.507 e. The fourth-order valence-electron chi connectivity index (χ4n) is 3.43. The first-order valence-corrected chi connectivity index (χ1v) is 10.1. The molecule has 168 valence electrons. The molecule has 0 heterocycles. The van der Waals surface area contributed by atoms with E-state index in [1.54, 1.807) is 6.07 Å². The predicted octanol–water partition coefficient (Wildman–Crippen LogP) is -0.280. The summed E-state index contributed by atoms with van der Waals surface area (Å²) < 4.78 is 11.2. The van der Waals surface area contributed by atoms with Gasteiger partial charge in [0, 0.05) is 31.5 Å². The summed E-state index contributed by atoms with van der Waals surface area (Å²) in [5.74, 6) is 0.0582. The van der Waals surface area contributed by atoms with Crippen LogP contribution in [0.25, 0.3) is 0 Å². The Kier molecular flexibility index (Phi) is 7.69. The zero-order valence-corrected chi connectivity index (χ0v) is 17.0. The van der Waals surface area contributed by atoms with Crippen molar-refractivity contribution in [2.24, 2.45) is 5.73 Å². The second-order valence-corrected chi connectivity index (χ2v) is 7.50. The normalized spacial score (nSPS) is 18.8. The minimum absolute atomic E-state index is 0.0110. The van der Waals surface area contributed by atoms with Crippen LogP contribution in [0, 0.1) is 0 Å². The zero-order chi connectivity index (χ0) is 22.4. The van der Waals surface area contributed by atoms with E-state index < -0.39 is 24.2 Å². The van der Waals surface area contributed by atoms with Crippen molar-refractivity contribution < 1.29 is 34.7 Å². The van der Waals surface area contributed by atoms with Crippen LogP contribution in [0.15, 0.2) is 36.4 Å². The van der Waals surface area contributed by atoms with Crippen LogP contribution >= 0.6 is 0 Å². The van der Waals surface area contributed by atoms with Gasteiger partial charge in [-0.1, -0.05) is 12.1 Å². The van der Waals surface area contributed by atoms with Crippen LogP contribution in [0.5, 0.6) is 17.2 Å². The van der Waals surface area contributed by atoms with Crippen molar-refractivity contribution in [3.8, 4) is 17.2 Å². The monoisotopic (exact) mass is 432 g/mol. The molecule has 9 nitrogen and oxygen atoms in total. The van der Waals surface area contributed by atoms with Gasteiger partial charge < -0.3 is 41.0 Å². The second kappa shape index (κ2) is 10.5. The molecule has 0 saturated carbocycles. The van der Waals surface area contributed by atoms with Gasteiger partial charge in [0.1, 0.15) is 36.6 Å². The molecule has 31 heavy (non-hydrogen) atoms. The highest BCUT2D eigenvalue weighted by molar-refractivity contribution is 5.95. The van der Waals surface area contributed by atoms with Gasteiger partial charge >= 0.3 is 0 Å². The van der Waals surface area contributed by atoms with Gasteiger partial charge in [-0.25, -0.2) is 0 Å². The Morgan fingerprint density at radius 1 is 1.16 bits per heavy atom. The van der Waals surface area contributed by atoms with Gasteiger partial charge in [0.15, 0.2) is 0 Å². The van der Waals surface area contributed by atoms with Gasteiger partial charge in [-0.2, -0.15) is 0 Å². The van der Waals surface area contributed by atoms with E-state index in [0.717, 1.165) is 11.1 Å². The maximum Gasteiger partial charge on any atom is 0.252 e. The molecular weight excluding hydrogens is 404 g/mol. The summed E-state index contributed by atoms with van der Waals surface area (Å²) in [7, 11) is 0. The molecule has 0 aromatic heterocycles. The number of benzene rings is 2. The SMILES string of the molecule is NC(=O)c1cc(OCCNCC(O)COc2cccc3c2C[C@H](O)[C@H](O)C3)ccc1O. The van der Waals surface area contributed by atoms with E-state index in [1.807, 2.05) is 12.1 Å². The molecule has 2 aromatic carbocycles. The molecule has 2 aromatic rings. The molecule has 3 atom stereocenters. The van der Waals surface area contributed by atoms with E-state index in [4.69, 9.17) is 15.2 Å². The Labute approximate surface area is 180 Å². The number of amides is 1. The van der Waals surface area contributed by atoms with Gasteiger partial charge in [-0.05, 0) is 29.8 Å². The molecule has 0 saturated heterocycles. The first kappa shape index (κ1) is 22.8. The number of nitrogens with two attached hydrogens (primary N) is 1. The molecule has 9 heteroatoms. The summed E-state index contributed by atoms with van der Waals surface area (Å²) in [5, 5.41) is 42.5. The molecule has 7 N–H and O–H groups in total. The number of aliphatic hydroxyl groups excluding tert-OH is 3. The molecule has 0 aliphatic heterocycles. The Morgan fingerprint density at radius 3 is 2.71 bits per heavy atom. The molecular formula is C22H28N2O7. The molecule has 1 aliphatic rings. The average Bonchev–Trinajstić information content (AvgIpc) is 2.73. The number of carbonyl (C=O) groups excluding carboxylic acids is 1. The molecule has 0 spiro atoms. The molecule has 0 radical (unpaired) electrons. The maximum absolute atomic E-state index is 11.2. The van der Waals surface area contributed by atoms with Gasteiger partial charge in [-0.15, -0.1) is 0 Å². The minimum atomic E-state index is -0.823. The maximum atomic E-state index is 11.2. The molecule has 0 bridgehead atoms. The number of aliphatic hydroxyl groups is 3. The van der Waals surface area contributed by atoms with Crippen LogP contribution < -0.4 is 20.5 Å². The van der Waals surface area contributed by atoms with Crippen molar-refractivity contribution in [2.75, 3.05) is 26.3 Å². The van der Waals surface area contributed by atoms with Gasteiger partial charge in [0.25, 0.3) is 5.91 Å². The lowest BCUT2D eigenvalue weighted by Crippen LogP contribution is -2.35. The van der Waals surface area contributed by atoms with Crippen molar-refractivity contribution in [3.05, 3.63) is 53.1 Å².